The van der Waals surface area contributed by atoms with Crippen LogP contribution in [0.2, 0.25) is 0 Å². The smallest absolute Gasteiger partial charge is 0.0637 e. The molecule has 108 valence electrons. The minimum atomic E-state index is 0.660. The first kappa shape index (κ1) is 15.9. The van der Waals surface area contributed by atoms with Crippen molar-refractivity contribution in [1.82, 2.24) is 10.3 Å². The summed E-state index contributed by atoms with van der Waals surface area (Å²) in [5.74, 6) is 0.660. The number of pyridine rings is 1. The summed E-state index contributed by atoms with van der Waals surface area (Å²) in [7, 11) is 3.83. The third kappa shape index (κ3) is 5.57. The number of aryl methyl sites for hydroxylation is 1. The third-order valence-electron chi connectivity index (χ3n) is 3.01. The number of nitrogens with one attached hydrogen (secondary N) is 1. The molecule has 0 aliphatic carbocycles. The molecule has 0 aliphatic rings. The predicted octanol–water partition coefficient (Wildman–Crippen LogP) is 2.22. The largest absolute Gasteiger partial charge is 0.383 e. The second kappa shape index (κ2) is 8.12. The number of nitrogens with zero attached hydrogens (tertiary/aromatic N) is 2. The van der Waals surface area contributed by atoms with Crippen LogP contribution in [0.1, 0.15) is 25.1 Å². The van der Waals surface area contributed by atoms with E-state index in [0.717, 1.165) is 31.9 Å². The fourth-order valence-corrected chi connectivity index (χ4v) is 1.91. The molecule has 0 bridgehead atoms. The molecule has 0 atom stereocenters. The highest BCUT2D eigenvalue weighted by molar-refractivity contribution is 5.53. The van der Waals surface area contributed by atoms with Crippen LogP contribution in [0.3, 0.4) is 0 Å². The van der Waals surface area contributed by atoms with Gasteiger partial charge in [0.15, 0.2) is 0 Å². The van der Waals surface area contributed by atoms with Gasteiger partial charge in [-0.3, -0.25) is 4.98 Å². The number of anilines is 1. The predicted molar refractivity (Wildman–Crippen MR) is 80.7 cm³/mol. The van der Waals surface area contributed by atoms with Crippen molar-refractivity contribution >= 4 is 5.69 Å². The molecule has 0 aromatic carbocycles. The SMILES string of the molecule is COCCN(C)c1cc(C)ncc1CNCC(C)C. The van der Waals surface area contributed by atoms with E-state index in [2.05, 4.69) is 42.2 Å². The second-order valence-electron chi connectivity index (χ2n) is 5.39. The van der Waals surface area contributed by atoms with Crippen LogP contribution < -0.4 is 10.2 Å². The van der Waals surface area contributed by atoms with Gasteiger partial charge in [0.25, 0.3) is 0 Å². The number of likely N-dealkylation sites (N-methyl/N-ethyl adjacent to an activating group) is 1. The van der Waals surface area contributed by atoms with Crippen LogP contribution in [0, 0.1) is 12.8 Å². The Morgan fingerprint density at radius 1 is 1.42 bits per heavy atom. The quantitative estimate of drug-likeness (QED) is 0.782. The van der Waals surface area contributed by atoms with Crippen molar-refractivity contribution in [1.29, 1.82) is 0 Å². The summed E-state index contributed by atoms with van der Waals surface area (Å²) in [6, 6.07) is 2.14. The summed E-state index contributed by atoms with van der Waals surface area (Å²) in [4.78, 5) is 6.63. The van der Waals surface area contributed by atoms with Gasteiger partial charge in [-0.15, -0.1) is 0 Å². The van der Waals surface area contributed by atoms with Crippen molar-refractivity contribution in [2.24, 2.45) is 5.92 Å². The van der Waals surface area contributed by atoms with E-state index in [4.69, 9.17) is 4.74 Å². The van der Waals surface area contributed by atoms with Crippen molar-refractivity contribution < 1.29 is 4.74 Å². The zero-order valence-electron chi connectivity index (χ0n) is 12.9. The number of methoxy groups -OCH3 is 1. The molecule has 19 heavy (non-hydrogen) atoms. The average Bonchev–Trinajstić information content (AvgIpc) is 2.37. The van der Waals surface area contributed by atoms with Gasteiger partial charge in [-0.2, -0.15) is 0 Å². The summed E-state index contributed by atoms with van der Waals surface area (Å²) >= 11 is 0. The zero-order valence-corrected chi connectivity index (χ0v) is 12.9. The molecule has 0 fully saturated rings. The molecule has 0 amide bonds. The molecule has 4 heteroatoms. The topological polar surface area (TPSA) is 37.4 Å². The first-order valence-electron chi connectivity index (χ1n) is 6.91. The molecular weight excluding hydrogens is 238 g/mol. The summed E-state index contributed by atoms with van der Waals surface area (Å²) in [6.07, 6.45) is 1.97. The van der Waals surface area contributed by atoms with E-state index in [1.165, 1.54) is 11.3 Å². The van der Waals surface area contributed by atoms with Crippen molar-refractivity contribution in [2.45, 2.75) is 27.3 Å². The van der Waals surface area contributed by atoms with Gasteiger partial charge in [-0.1, -0.05) is 13.8 Å². The number of hydrogen-bond acceptors (Lipinski definition) is 4. The van der Waals surface area contributed by atoms with Crippen LogP contribution in [0.15, 0.2) is 12.3 Å². The van der Waals surface area contributed by atoms with E-state index in [1.807, 2.05) is 13.1 Å². The van der Waals surface area contributed by atoms with Crippen molar-refractivity contribution in [3.8, 4) is 0 Å². The maximum atomic E-state index is 5.14. The Morgan fingerprint density at radius 2 is 2.16 bits per heavy atom. The van der Waals surface area contributed by atoms with E-state index < -0.39 is 0 Å². The minimum absolute atomic E-state index is 0.660. The molecule has 0 spiro atoms. The highest BCUT2D eigenvalue weighted by atomic mass is 16.5. The van der Waals surface area contributed by atoms with Crippen LogP contribution in [0.5, 0.6) is 0 Å². The van der Waals surface area contributed by atoms with Gasteiger partial charge < -0.3 is 15.0 Å². The van der Waals surface area contributed by atoms with E-state index in [0.29, 0.717) is 5.92 Å². The Morgan fingerprint density at radius 3 is 2.79 bits per heavy atom. The number of aromatic nitrogens is 1. The summed E-state index contributed by atoms with van der Waals surface area (Å²) in [5.41, 5.74) is 3.53. The fraction of sp³-hybridized carbons (Fsp3) is 0.667. The van der Waals surface area contributed by atoms with Gasteiger partial charge in [0.2, 0.25) is 0 Å². The molecule has 1 rings (SSSR count). The van der Waals surface area contributed by atoms with Crippen LogP contribution in [0.4, 0.5) is 5.69 Å². The van der Waals surface area contributed by atoms with Crippen LogP contribution in [0.25, 0.3) is 0 Å². The van der Waals surface area contributed by atoms with Gasteiger partial charge in [-0.25, -0.2) is 0 Å². The monoisotopic (exact) mass is 265 g/mol. The standard InChI is InChI=1S/C15H27N3O/c1-12(2)9-16-10-14-11-17-13(3)8-15(14)18(4)6-7-19-5/h8,11-12,16H,6-7,9-10H2,1-5H3. The zero-order chi connectivity index (χ0) is 14.3. The van der Waals surface area contributed by atoms with Crippen LogP contribution in [-0.4, -0.2) is 38.8 Å². The lowest BCUT2D eigenvalue weighted by molar-refractivity contribution is 0.206. The second-order valence-corrected chi connectivity index (χ2v) is 5.39. The van der Waals surface area contributed by atoms with E-state index >= 15 is 0 Å². The summed E-state index contributed by atoms with van der Waals surface area (Å²) in [5, 5.41) is 3.47. The fourth-order valence-electron chi connectivity index (χ4n) is 1.91. The van der Waals surface area contributed by atoms with Crippen molar-refractivity contribution in [3.63, 3.8) is 0 Å². The molecule has 1 N–H and O–H groups in total. The van der Waals surface area contributed by atoms with Gasteiger partial charge >= 0.3 is 0 Å². The molecule has 1 aromatic rings. The molecular formula is C15H27N3O. The Hall–Kier alpha value is -1.13. The Kier molecular flexibility index (Phi) is 6.81. The lowest BCUT2D eigenvalue weighted by Crippen LogP contribution is -2.26. The van der Waals surface area contributed by atoms with Gasteiger partial charge in [0.05, 0.1) is 6.61 Å². The molecule has 0 aliphatic heterocycles. The Balaban J connectivity index is 2.73. The summed E-state index contributed by atoms with van der Waals surface area (Å²) in [6.45, 7) is 9.96. The maximum Gasteiger partial charge on any atom is 0.0637 e. The van der Waals surface area contributed by atoms with Crippen molar-refractivity contribution in [2.75, 3.05) is 38.8 Å². The number of rotatable bonds is 8. The van der Waals surface area contributed by atoms with Crippen LogP contribution in [-0.2, 0) is 11.3 Å². The van der Waals surface area contributed by atoms with Gasteiger partial charge in [-0.05, 0) is 25.5 Å². The Bertz CT molecular complexity index is 380. The van der Waals surface area contributed by atoms with Gasteiger partial charge in [0, 0.05) is 50.4 Å². The number of ether oxygens (including phenoxy) is 1. The molecule has 0 saturated heterocycles. The lowest BCUT2D eigenvalue weighted by atomic mass is 10.1. The first-order valence-corrected chi connectivity index (χ1v) is 6.91. The molecule has 1 aromatic heterocycles. The normalized spacial score (nSPS) is 11.1. The first-order chi connectivity index (χ1) is 9.04. The maximum absolute atomic E-state index is 5.14. The molecule has 4 nitrogen and oxygen atoms in total. The van der Waals surface area contributed by atoms with E-state index in [1.54, 1.807) is 7.11 Å². The lowest BCUT2D eigenvalue weighted by Gasteiger charge is -2.22. The Labute approximate surface area is 117 Å². The van der Waals surface area contributed by atoms with E-state index in [9.17, 15) is 0 Å². The minimum Gasteiger partial charge on any atom is -0.383 e. The highest BCUT2D eigenvalue weighted by Gasteiger charge is 2.08. The molecule has 0 radical (unpaired) electrons. The molecule has 0 unspecified atom stereocenters. The van der Waals surface area contributed by atoms with Gasteiger partial charge in [0.1, 0.15) is 0 Å². The molecule has 0 saturated carbocycles. The highest BCUT2D eigenvalue weighted by Crippen LogP contribution is 2.19. The van der Waals surface area contributed by atoms with Crippen LogP contribution >= 0.6 is 0 Å². The average molecular weight is 265 g/mol. The van der Waals surface area contributed by atoms with Crippen molar-refractivity contribution in [3.05, 3.63) is 23.5 Å². The number of hydrogen-bond donors (Lipinski definition) is 1. The molecule has 1 heterocycles. The van der Waals surface area contributed by atoms with E-state index in [-0.39, 0.29) is 0 Å². The third-order valence-corrected chi connectivity index (χ3v) is 3.01. The summed E-state index contributed by atoms with van der Waals surface area (Å²) < 4.78 is 5.14.